The normalized spacial score (nSPS) is 10.9. The van der Waals surface area contributed by atoms with E-state index in [9.17, 15) is 0 Å². The number of hydrogen-bond acceptors (Lipinski definition) is 5. The minimum absolute atomic E-state index is 0.542. The molecule has 0 fully saturated rings. The van der Waals surface area contributed by atoms with Crippen molar-refractivity contribution in [3.63, 3.8) is 0 Å². The summed E-state index contributed by atoms with van der Waals surface area (Å²) in [6, 6.07) is 0. The van der Waals surface area contributed by atoms with E-state index >= 15 is 0 Å². The Labute approximate surface area is 86.9 Å². The SMILES string of the molecule is Cc1nnc(-c2cn(CCN)nn2)n1C. The molecule has 0 bridgehead atoms. The summed E-state index contributed by atoms with van der Waals surface area (Å²) in [7, 11) is 1.90. The van der Waals surface area contributed by atoms with E-state index in [4.69, 9.17) is 5.73 Å². The zero-order valence-electron chi connectivity index (χ0n) is 8.75. The first kappa shape index (κ1) is 9.78. The van der Waals surface area contributed by atoms with E-state index in [-0.39, 0.29) is 0 Å². The molecule has 2 N–H and O–H groups in total. The molecule has 7 heteroatoms. The van der Waals surface area contributed by atoms with Crippen LogP contribution >= 0.6 is 0 Å². The number of nitrogens with two attached hydrogens (primary N) is 1. The van der Waals surface area contributed by atoms with Gasteiger partial charge < -0.3 is 10.3 Å². The zero-order valence-corrected chi connectivity index (χ0v) is 8.75. The van der Waals surface area contributed by atoms with Crippen molar-refractivity contribution in [1.82, 2.24) is 29.8 Å². The maximum atomic E-state index is 5.42. The van der Waals surface area contributed by atoms with Crippen LogP contribution in [-0.2, 0) is 13.6 Å². The van der Waals surface area contributed by atoms with Crippen molar-refractivity contribution < 1.29 is 0 Å². The highest BCUT2D eigenvalue weighted by molar-refractivity contribution is 5.46. The monoisotopic (exact) mass is 207 g/mol. The number of aryl methyl sites for hydroxylation is 1. The minimum Gasteiger partial charge on any atom is -0.329 e. The Bertz CT molecular complexity index is 455. The maximum absolute atomic E-state index is 5.42. The van der Waals surface area contributed by atoms with E-state index in [0.717, 1.165) is 11.6 Å². The largest absolute Gasteiger partial charge is 0.329 e. The number of nitrogens with zero attached hydrogens (tertiary/aromatic N) is 6. The van der Waals surface area contributed by atoms with Gasteiger partial charge in [-0.1, -0.05) is 5.21 Å². The van der Waals surface area contributed by atoms with Gasteiger partial charge in [0.05, 0.1) is 12.7 Å². The molecule has 0 aliphatic heterocycles. The number of hydrogen-bond donors (Lipinski definition) is 1. The summed E-state index contributed by atoms with van der Waals surface area (Å²) in [5, 5.41) is 15.9. The molecule has 7 nitrogen and oxygen atoms in total. The Balaban J connectivity index is 2.33. The Hall–Kier alpha value is -1.76. The van der Waals surface area contributed by atoms with Gasteiger partial charge in [0.25, 0.3) is 0 Å². The summed E-state index contributed by atoms with van der Waals surface area (Å²) in [6.45, 7) is 3.09. The predicted molar refractivity (Wildman–Crippen MR) is 53.8 cm³/mol. The fourth-order valence-corrected chi connectivity index (χ4v) is 1.27. The minimum atomic E-state index is 0.542. The first-order valence-electron chi connectivity index (χ1n) is 4.69. The molecule has 0 amide bonds. The van der Waals surface area contributed by atoms with Crippen molar-refractivity contribution in [3.05, 3.63) is 12.0 Å². The molecular formula is C8H13N7. The maximum Gasteiger partial charge on any atom is 0.185 e. The fourth-order valence-electron chi connectivity index (χ4n) is 1.27. The molecule has 0 spiro atoms. The first-order chi connectivity index (χ1) is 7.22. The van der Waals surface area contributed by atoms with Gasteiger partial charge in [0.1, 0.15) is 5.82 Å². The third-order valence-electron chi connectivity index (χ3n) is 2.22. The number of aromatic nitrogens is 6. The van der Waals surface area contributed by atoms with Gasteiger partial charge in [0.2, 0.25) is 0 Å². The van der Waals surface area contributed by atoms with Crippen LogP contribution < -0.4 is 5.73 Å². The molecule has 0 saturated heterocycles. The van der Waals surface area contributed by atoms with E-state index in [0.29, 0.717) is 18.8 Å². The van der Waals surface area contributed by atoms with Gasteiger partial charge in [-0.15, -0.1) is 15.3 Å². The molecule has 80 valence electrons. The summed E-state index contributed by atoms with van der Waals surface area (Å²) in [5.41, 5.74) is 6.14. The average molecular weight is 207 g/mol. The van der Waals surface area contributed by atoms with Crippen LogP contribution in [-0.4, -0.2) is 36.3 Å². The number of rotatable bonds is 3. The summed E-state index contributed by atoms with van der Waals surface area (Å²) in [6.07, 6.45) is 1.82. The molecule has 0 radical (unpaired) electrons. The van der Waals surface area contributed by atoms with E-state index in [1.54, 1.807) is 4.68 Å². The summed E-state index contributed by atoms with van der Waals surface area (Å²) < 4.78 is 3.57. The Morgan fingerprint density at radius 2 is 2.13 bits per heavy atom. The molecular weight excluding hydrogens is 194 g/mol. The molecule has 0 atom stereocenters. The quantitative estimate of drug-likeness (QED) is 0.722. The second-order valence-electron chi connectivity index (χ2n) is 3.29. The lowest BCUT2D eigenvalue weighted by molar-refractivity contribution is 0.598. The van der Waals surface area contributed by atoms with Gasteiger partial charge in [-0.25, -0.2) is 0 Å². The lowest BCUT2D eigenvalue weighted by Crippen LogP contribution is -2.10. The molecule has 15 heavy (non-hydrogen) atoms. The first-order valence-corrected chi connectivity index (χ1v) is 4.69. The van der Waals surface area contributed by atoms with Crippen molar-refractivity contribution in [2.75, 3.05) is 6.54 Å². The predicted octanol–water partition coefficient (Wildman–Crippen LogP) is -0.659. The van der Waals surface area contributed by atoms with Crippen LogP contribution in [0.15, 0.2) is 6.20 Å². The zero-order chi connectivity index (χ0) is 10.8. The highest BCUT2D eigenvalue weighted by atomic mass is 15.4. The summed E-state index contributed by atoms with van der Waals surface area (Å²) in [5.74, 6) is 1.56. The van der Waals surface area contributed by atoms with Crippen LogP contribution in [0.5, 0.6) is 0 Å². The Morgan fingerprint density at radius 3 is 2.73 bits per heavy atom. The van der Waals surface area contributed by atoms with E-state index in [2.05, 4.69) is 20.5 Å². The molecule has 2 rings (SSSR count). The van der Waals surface area contributed by atoms with Gasteiger partial charge in [0.15, 0.2) is 11.5 Å². The molecule has 0 aliphatic rings. The average Bonchev–Trinajstić information content (AvgIpc) is 2.77. The van der Waals surface area contributed by atoms with Crippen molar-refractivity contribution >= 4 is 0 Å². The fraction of sp³-hybridized carbons (Fsp3) is 0.500. The van der Waals surface area contributed by atoms with Gasteiger partial charge in [0, 0.05) is 13.6 Å². The third-order valence-corrected chi connectivity index (χ3v) is 2.22. The van der Waals surface area contributed by atoms with Gasteiger partial charge >= 0.3 is 0 Å². The second kappa shape index (κ2) is 3.77. The highest BCUT2D eigenvalue weighted by Gasteiger charge is 2.11. The van der Waals surface area contributed by atoms with Crippen LogP contribution in [0.2, 0.25) is 0 Å². The second-order valence-corrected chi connectivity index (χ2v) is 3.29. The van der Waals surface area contributed by atoms with E-state index in [1.165, 1.54) is 0 Å². The van der Waals surface area contributed by atoms with Crippen LogP contribution in [0.3, 0.4) is 0 Å². The molecule has 0 saturated carbocycles. The van der Waals surface area contributed by atoms with E-state index in [1.807, 2.05) is 24.7 Å². The molecule has 0 unspecified atom stereocenters. The summed E-state index contributed by atoms with van der Waals surface area (Å²) in [4.78, 5) is 0. The molecule has 0 aliphatic carbocycles. The lowest BCUT2D eigenvalue weighted by Gasteiger charge is -1.96. The molecule has 2 aromatic heterocycles. The Kier molecular flexibility index (Phi) is 2.46. The van der Waals surface area contributed by atoms with Gasteiger partial charge in [-0.05, 0) is 6.92 Å². The lowest BCUT2D eigenvalue weighted by atomic mass is 10.4. The topological polar surface area (TPSA) is 87.4 Å². The molecule has 0 aromatic carbocycles. The van der Waals surface area contributed by atoms with E-state index < -0.39 is 0 Å². The smallest absolute Gasteiger partial charge is 0.185 e. The van der Waals surface area contributed by atoms with Gasteiger partial charge in [-0.3, -0.25) is 4.68 Å². The van der Waals surface area contributed by atoms with Crippen LogP contribution in [0, 0.1) is 6.92 Å². The van der Waals surface area contributed by atoms with Crippen LogP contribution in [0.4, 0.5) is 0 Å². The third kappa shape index (κ3) is 1.73. The van der Waals surface area contributed by atoms with Crippen molar-refractivity contribution in [2.24, 2.45) is 12.8 Å². The van der Waals surface area contributed by atoms with Crippen LogP contribution in [0.1, 0.15) is 5.82 Å². The molecule has 2 heterocycles. The van der Waals surface area contributed by atoms with Crippen molar-refractivity contribution in [3.8, 4) is 11.5 Å². The van der Waals surface area contributed by atoms with Gasteiger partial charge in [-0.2, -0.15) is 0 Å². The highest BCUT2D eigenvalue weighted by Crippen LogP contribution is 2.12. The van der Waals surface area contributed by atoms with Crippen molar-refractivity contribution in [2.45, 2.75) is 13.5 Å². The van der Waals surface area contributed by atoms with Crippen LogP contribution in [0.25, 0.3) is 11.5 Å². The molecule has 2 aromatic rings. The Morgan fingerprint density at radius 1 is 1.33 bits per heavy atom. The standard InChI is InChI=1S/C8H13N7/c1-6-10-12-8(14(6)2)7-5-15(4-3-9)13-11-7/h5H,3-4,9H2,1-2H3. The van der Waals surface area contributed by atoms with Crippen molar-refractivity contribution in [1.29, 1.82) is 0 Å². The summed E-state index contributed by atoms with van der Waals surface area (Å²) >= 11 is 0.